The lowest BCUT2D eigenvalue weighted by Gasteiger charge is -2.40. The lowest BCUT2D eigenvalue weighted by atomic mass is 9.95. The number of phenols is 1. The second-order valence-electron chi connectivity index (χ2n) is 13.2. The standard InChI is InChI=1S/C31H33ClF2N6O3/c32-20-9-18(41)8-19(23(20)15-2-3-15)26-25(34)27-24-28(40-12-17-4-5-21(35-17)22(40)13-42-29(24)36-26)38-30(37-27)43-14-31-6-1-7-39(31)11-16(33)10-31/h8-9,15-17,21-22,35,41H,1-7,10-14H2/t16-,17-,21+,22-,31+/m1/s1. The van der Waals surface area contributed by atoms with Gasteiger partial charge in [0.2, 0.25) is 5.88 Å². The molecule has 2 aromatic heterocycles. The van der Waals surface area contributed by atoms with Crippen LogP contribution in [0.5, 0.6) is 17.6 Å². The predicted octanol–water partition coefficient (Wildman–Crippen LogP) is 4.72. The lowest BCUT2D eigenvalue weighted by Crippen LogP contribution is -2.60. The Bertz CT molecular complexity index is 1660. The van der Waals surface area contributed by atoms with Crippen molar-refractivity contribution in [1.82, 2.24) is 25.2 Å². The van der Waals surface area contributed by atoms with Crippen LogP contribution in [0.3, 0.4) is 0 Å². The second kappa shape index (κ2) is 9.49. The third-order valence-corrected chi connectivity index (χ3v) is 10.8. The number of aromatic nitrogens is 3. The van der Waals surface area contributed by atoms with Gasteiger partial charge >= 0.3 is 6.01 Å². The number of alkyl halides is 1. The molecule has 6 aliphatic rings. The zero-order valence-electron chi connectivity index (χ0n) is 23.7. The van der Waals surface area contributed by atoms with Gasteiger partial charge in [0.05, 0.1) is 11.6 Å². The van der Waals surface area contributed by atoms with E-state index in [9.17, 15) is 9.50 Å². The molecule has 12 heteroatoms. The quantitative estimate of drug-likeness (QED) is 0.425. The molecule has 226 valence electrons. The van der Waals surface area contributed by atoms with E-state index < -0.39 is 17.5 Å². The molecular weight excluding hydrogens is 578 g/mol. The number of hydrogen-bond acceptors (Lipinski definition) is 9. The number of nitrogens with one attached hydrogen (secondary N) is 1. The number of fused-ring (bicyclic) bond motifs is 6. The van der Waals surface area contributed by atoms with Crippen molar-refractivity contribution in [3.05, 3.63) is 28.5 Å². The molecule has 5 aliphatic heterocycles. The molecule has 1 aliphatic carbocycles. The first-order valence-electron chi connectivity index (χ1n) is 15.5. The third-order valence-electron chi connectivity index (χ3n) is 10.5. The van der Waals surface area contributed by atoms with Crippen LogP contribution >= 0.6 is 11.6 Å². The van der Waals surface area contributed by atoms with Gasteiger partial charge in [0.1, 0.15) is 47.5 Å². The SMILES string of the molecule is Oc1cc(Cl)c(C2CC2)c(-c2nc3c4c(nc(OC[C@@]56CCCN5C[C@H](F)C6)nc4c2F)N2C[C@H]4CC[C@H](N4)[C@H]2CO3)c1. The summed E-state index contributed by atoms with van der Waals surface area (Å²) in [5.74, 6) is 0.292. The number of pyridine rings is 1. The minimum Gasteiger partial charge on any atom is -0.508 e. The van der Waals surface area contributed by atoms with Crippen LogP contribution in [0.25, 0.3) is 22.2 Å². The fraction of sp³-hybridized carbons (Fsp3) is 0.581. The molecule has 4 saturated heterocycles. The van der Waals surface area contributed by atoms with Crippen molar-refractivity contribution in [2.45, 2.75) is 80.7 Å². The van der Waals surface area contributed by atoms with E-state index in [4.69, 9.17) is 31.0 Å². The molecule has 0 amide bonds. The third kappa shape index (κ3) is 4.10. The molecule has 43 heavy (non-hydrogen) atoms. The van der Waals surface area contributed by atoms with Crippen LogP contribution in [0.2, 0.25) is 5.02 Å². The van der Waals surface area contributed by atoms with Crippen molar-refractivity contribution in [3.8, 4) is 28.9 Å². The number of nitrogens with zero attached hydrogens (tertiary/aromatic N) is 5. The summed E-state index contributed by atoms with van der Waals surface area (Å²) in [6.45, 7) is 2.56. The van der Waals surface area contributed by atoms with Crippen molar-refractivity contribution >= 4 is 28.3 Å². The summed E-state index contributed by atoms with van der Waals surface area (Å²) < 4.78 is 44.0. The number of ether oxygens (including phenoxy) is 2. The summed E-state index contributed by atoms with van der Waals surface area (Å²) in [6.07, 6.45) is 5.31. The summed E-state index contributed by atoms with van der Waals surface area (Å²) >= 11 is 6.60. The van der Waals surface area contributed by atoms with Gasteiger partial charge in [-0.3, -0.25) is 4.90 Å². The summed E-state index contributed by atoms with van der Waals surface area (Å²) in [5.41, 5.74) is 0.920. The first-order chi connectivity index (χ1) is 20.9. The van der Waals surface area contributed by atoms with Gasteiger partial charge in [-0.2, -0.15) is 9.97 Å². The first-order valence-corrected chi connectivity index (χ1v) is 15.9. The van der Waals surface area contributed by atoms with Gasteiger partial charge in [-0.15, -0.1) is 0 Å². The maximum atomic E-state index is 16.8. The van der Waals surface area contributed by atoms with Crippen LogP contribution in [0.1, 0.15) is 56.4 Å². The Morgan fingerprint density at radius 1 is 1.16 bits per heavy atom. The summed E-state index contributed by atoms with van der Waals surface area (Å²) in [4.78, 5) is 18.7. The number of benzene rings is 1. The Kier molecular flexibility index (Phi) is 5.82. The van der Waals surface area contributed by atoms with Gasteiger partial charge in [-0.05, 0) is 68.7 Å². The Labute approximate surface area is 252 Å². The van der Waals surface area contributed by atoms with Crippen LogP contribution < -0.4 is 19.7 Å². The van der Waals surface area contributed by atoms with Gasteiger partial charge in [-0.25, -0.2) is 13.8 Å². The smallest absolute Gasteiger partial charge is 0.319 e. The Morgan fingerprint density at radius 2 is 2.05 bits per heavy atom. The van der Waals surface area contributed by atoms with E-state index in [0.29, 0.717) is 53.9 Å². The van der Waals surface area contributed by atoms with Crippen molar-refractivity contribution in [3.63, 3.8) is 0 Å². The Morgan fingerprint density at radius 3 is 2.91 bits per heavy atom. The van der Waals surface area contributed by atoms with E-state index in [1.807, 2.05) is 0 Å². The maximum Gasteiger partial charge on any atom is 0.319 e. The zero-order chi connectivity index (χ0) is 29.0. The van der Waals surface area contributed by atoms with Gasteiger partial charge in [0.15, 0.2) is 5.82 Å². The van der Waals surface area contributed by atoms with Crippen LogP contribution in [-0.4, -0.2) is 87.6 Å². The average molecular weight is 611 g/mol. The largest absolute Gasteiger partial charge is 0.508 e. The lowest BCUT2D eigenvalue weighted by molar-refractivity contribution is 0.107. The molecule has 0 spiro atoms. The molecule has 0 radical (unpaired) electrons. The van der Waals surface area contributed by atoms with E-state index >= 15 is 4.39 Å². The highest BCUT2D eigenvalue weighted by atomic mass is 35.5. The average Bonchev–Trinajstić information content (AvgIpc) is 3.56. The number of halogens is 3. The minimum absolute atomic E-state index is 0.0197. The number of anilines is 1. The van der Waals surface area contributed by atoms with E-state index in [0.717, 1.165) is 50.6 Å². The van der Waals surface area contributed by atoms with Crippen molar-refractivity contribution in [2.24, 2.45) is 0 Å². The van der Waals surface area contributed by atoms with E-state index in [-0.39, 0.29) is 53.5 Å². The number of piperazine rings is 1. The highest BCUT2D eigenvalue weighted by Gasteiger charge is 2.50. The van der Waals surface area contributed by atoms with Crippen LogP contribution in [0.4, 0.5) is 14.6 Å². The fourth-order valence-corrected chi connectivity index (χ4v) is 8.76. The van der Waals surface area contributed by atoms with Crippen LogP contribution in [0.15, 0.2) is 12.1 Å². The van der Waals surface area contributed by atoms with Crippen molar-refractivity contribution in [2.75, 3.05) is 37.7 Å². The fourth-order valence-electron chi connectivity index (χ4n) is 8.39. The van der Waals surface area contributed by atoms with E-state index in [1.165, 1.54) is 12.1 Å². The van der Waals surface area contributed by atoms with Gasteiger partial charge < -0.3 is 24.8 Å². The Balaban J connectivity index is 1.21. The molecule has 1 saturated carbocycles. The molecule has 0 unspecified atom stereocenters. The molecule has 7 heterocycles. The number of hydrogen-bond donors (Lipinski definition) is 2. The summed E-state index contributed by atoms with van der Waals surface area (Å²) in [5, 5.41) is 15.0. The predicted molar refractivity (Wildman–Crippen MR) is 156 cm³/mol. The van der Waals surface area contributed by atoms with Gasteiger partial charge in [0, 0.05) is 42.2 Å². The number of aromatic hydroxyl groups is 1. The van der Waals surface area contributed by atoms with E-state index in [1.54, 1.807) is 0 Å². The molecule has 5 fully saturated rings. The summed E-state index contributed by atoms with van der Waals surface area (Å²) in [7, 11) is 0. The number of phenolic OH excluding ortho intramolecular Hbond substituents is 1. The van der Waals surface area contributed by atoms with Crippen molar-refractivity contribution in [1.29, 1.82) is 0 Å². The number of rotatable bonds is 5. The van der Waals surface area contributed by atoms with E-state index in [2.05, 4.69) is 20.1 Å². The van der Waals surface area contributed by atoms with Crippen LogP contribution in [-0.2, 0) is 0 Å². The molecular formula is C31H33ClF2N6O3. The molecule has 2 bridgehead atoms. The topological polar surface area (TPSA) is 95.9 Å². The minimum atomic E-state index is -0.885. The van der Waals surface area contributed by atoms with Crippen molar-refractivity contribution < 1.29 is 23.4 Å². The Hall–Kier alpha value is -3.02. The molecule has 9 nitrogen and oxygen atoms in total. The van der Waals surface area contributed by atoms with Gasteiger partial charge in [0.25, 0.3) is 0 Å². The molecule has 2 N–H and O–H groups in total. The highest BCUT2D eigenvalue weighted by molar-refractivity contribution is 6.32. The maximum absolute atomic E-state index is 16.8. The molecule has 5 atom stereocenters. The normalized spacial score (nSPS) is 31.2. The molecule has 1 aromatic carbocycles. The zero-order valence-corrected chi connectivity index (χ0v) is 24.4. The van der Waals surface area contributed by atoms with Crippen LogP contribution in [0, 0.1) is 5.82 Å². The van der Waals surface area contributed by atoms with Gasteiger partial charge in [-0.1, -0.05) is 11.6 Å². The molecule has 9 rings (SSSR count). The highest BCUT2D eigenvalue weighted by Crippen LogP contribution is 2.50. The summed E-state index contributed by atoms with van der Waals surface area (Å²) in [6, 6.07) is 3.57. The first kappa shape index (κ1) is 26.4. The monoisotopic (exact) mass is 610 g/mol. The molecule has 3 aromatic rings. The second-order valence-corrected chi connectivity index (χ2v) is 13.6.